The smallest absolute Gasteiger partial charge is 0.0957 e. The van der Waals surface area contributed by atoms with Crippen molar-refractivity contribution in [2.75, 3.05) is 0 Å². The van der Waals surface area contributed by atoms with Gasteiger partial charge in [-0.15, -0.1) is 11.3 Å². The van der Waals surface area contributed by atoms with Crippen LogP contribution in [0.25, 0.3) is 11.3 Å². The Morgan fingerprint density at radius 3 is 3.00 bits per heavy atom. The largest absolute Gasteiger partial charge is 0.322 e. The zero-order valence-corrected chi connectivity index (χ0v) is 12.5. The summed E-state index contributed by atoms with van der Waals surface area (Å²) in [6.45, 7) is 0. The first kappa shape index (κ1) is 11.8. The first-order valence-corrected chi connectivity index (χ1v) is 8.46. The summed E-state index contributed by atoms with van der Waals surface area (Å²) >= 11 is 1.91. The second kappa shape index (κ2) is 4.31. The molecule has 3 aromatic rings. The predicted molar refractivity (Wildman–Crippen MR) is 85.6 cm³/mol. The molecule has 3 heteroatoms. The highest BCUT2D eigenvalue weighted by molar-refractivity contribution is 7.10. The summed E-state index contributed by atoms with van der Waals surface area (Å²) in [5.41, 5.74) is 5.79. The van der Waals surface area contributed by atoms with E-state index >= 15 is 0 Å². The molecule has 5 rings (SSSR count). The van der Waals surface area contributed by atoms with Crippen LogP contribution in [0, 0.1) is 5.92 Å². The normalized spacial score (nSPS) is 22.7. The van der Waals surface area contributed by atoms with Crippen LogP contribution in [-0.2, 0) is 12.8 Å². The number of aromatic nitrogens is 2. The predicted octanol–water partition coefficient (Wildman–Crippen LogP) is 4.32. The Kier molecular flexibility index (Phi) is 2.41. The summed E-state index contributed by atoms with van der Waals surface area (Å²) in [6.07, 6.45) is 7.71. The van der Waals surface area contributed by atoms with Crippen molar-refractivity contribution < 1.29 is 0 Å². The lowest BCUT2D eigenvalue weighted by Gasteiger charge is -2.30. The number of aryl methyl sites for hydroxylation is 1. The monoisotopic (exact) mass is 292 g/mol. The Bertz CT molecular complexity index is 774. The average molecular weight is 292 g/mol. The highest BCUT2D eigenvalue weighted by Crippen LogP contribution is 2.48. The topological polar surface area (TPSA) is 17.8 Å². The quantitative estimate of drug-likeness (QED) is 0.653. The fraction of sp³-hybridized carbons (Fsp3) is 0.278. The minimum atomic E-state index is 0.492. The van der Waals surface area contributed by atoms with Crippen molar-refractivity contribution in [3.63, 3.8) is 0 Å². The minimum absolute atomic E-state index is 0.492. The van der Waals surface area contributed by atoms with E-state index in [0.717, 1.165) is 0 Å². The van der Waals surface area contributed by atoms with Crippen molar-refractivity contribution in [2.45, 2.75) is 25.3 Å². The number of rotatable bonds is 1. The van der Waals surface area contributed by atoms with E-state index in [0.29, 0.717) is 12.0 Å². The number of hydrogen-bond acceptors (Lipinski definition) is 2. The van der Waals surface area contributed by atoms with E-state index in [1.165, 1.54) is 35.4 Å². The van der Waals surface area contributed by atoms with Crippen molar-refractivity contribution in [3.05, 3.63) is 64.2 Å². The molecule has 0 bridgehead atoms. The lowest BCUT2D eigenvalue weighted by molar-refractivity contribution is 0.351. The third-order valence-electron chi connectivity index (χ3n) is 5.04. The van der Waals surface area contributed by atoms with Gasteiger partial charge in [0.05, 0.1) is 24.3 Å². The molecule has 0 spiro atoms. The summed E-state index contributed by atoms with van der Waals surface area (Å²) in [5, 5.41) is 2.23. The number of fused-ring (bicyclic) bond motifs is 4. The molecule has 1 aliphatic heterocycles. The molecule has 2 aliphatic rings. The molecule has 1 aromatic carbocycles. The van der Waals surface area contributed by atoms with Gasteiger partial charge in [0.1, 0.15) is 0 Å². The van der Waals surface area contributed by atoms with Gasteiger partial charge in [0.15, 0.2) is 0 Å². The molecule has 0 fully saturated rings. The van der Waals surface area contributed by atoms with Gasteiger partial charge >= 0.3 is 0 Å². The maximum atomic E-state index is 4.38. The summed E-state index contributed by atoms with van der Waals surface area (Å²) in [5.74, 6) is 0.688. The fourth-order valence-electron chi connectivity index (χ4n) is 4.06. The van der Waals surface area contributed by atoms with Crippen molar-refractivity contribution in [2.24, 2.45) is 5.92 Å². The van der Waals surface area contributed by atoms with E-state index in [1.54, 1.807) is 11.1 Å². The van der Waals surface area contributed by atoms with E-state index in [4.69, 9.17) is 0 Å². The van der Waals surface area contributed by atoms with Crippen LogP contribution >= 0.6 is 11.3 Å². The van der Waals surface area contributed by atoms with Crippen LogP contribution in [0.15, 0.2) is 48.2 Å². The van der Waals surface area contributed by atoms with Crippen LogP contribution in [-0.4, -0.2) is 9.55 Å². The molecule has 21 heavy (non-hydrogen) atoms. The zero-order valence-electron chi connectivity index (χ0n) is 11.7. The molecule has 0 saturated carbocycles. The Morgan fingerprint density at radius 1 is 1.14 bits per heavy atom. The molecule has 0 amide bonds. The number of nitrogens with zero attached hydrogens (tertiary/aromatic N) is 2. The van der Waals surface area contributed by atoms with Gasteiger partial charge in [0.2, 0.25) is 0 Å². The third kappa shape index (κ3) is 1.61. The summed E-state index contributed by atoms with van der Waals surface area (Å²) < 4.78 is 2.40. The second-order valence-electron chi connectivity index (χ2n) is 6.10. The standard InChI is InChI=1S/C18H16N2S/c1-2-4-13-9-14(6-5-12(13)3-1)17-18-15(7-8-21-18)16-10-19-11-20(16)17/h1-4,7-8,10-11,14,17H,5-6,9H2/t14-,17?/m0/s1. The Hall–Kier alpha value is -1.87. The molecular weight excluding hydrogens is 276 g/mol. The SMILES string of the molecule is c1ccc2c(c1)CC[C@H](C1c3sccc3-c3cncn31)C2. The number of hydrogen-bond donors (Lipinski definition) is 0. The Morgan fingerprint density at radius 2 is 2.05 bits per heavy atom. The van der Waals surface area contributed by atoms with E-state index in [-0.39, 0.29) is 0 Å². The van der Waals surface area contributed by atoms with Crippen LogP contribution in [0.2, 0.25) is 0 Å². The molecule has 2 nitrogen and oxygen atoms in total. The molecule has 104 valence electrons. The van der Waals surface area contributed by atoms with Gasteiger partial charge < -0.3 is 4.57 Å². The molecule has 0 N–H and O–H groups in total. The third-order valence-corrected chi connectivity index (χ3v) is 6.02. The Balaban J connectivity index is 1.58. The second-order valence-corrected chi connectivity index (χ2v) is 7.05. The molecule has 2 atom stereocenters. The maximum absolute atomic E-state index is 4.38. The molecule has 2 aromatic heterocycles. The number of thiophene rings is 1. The minimum Gasteiger partial charge on any atom is -0.322 e. The van der Waals surface area contributed by atoms with Crippen LogP contribution in [0.5, 0.6) is 0 Å². The van der Waals surface area contributed by atoms with Crippen LogP contribution in [0.3, 0.4) is 0 Å². The van der Waals surface area contributed by atoms with Gasteiger partial charge in [-0.2, -0.15) is 0 Å². The Labute approximate surface area is 128 Å². The fourth-order valence-corrected chi connectivity index (χ4v) is 5.16. The summed E-state index contributed by atoms with van der Waals surface area (Å²) in [6, 6.07) is 11.7. The molecule has 1 aliphatic carbocycles. The number of imidazole rings is 1. The van der Waals surface area contributed by atoms with Crippen molar-refractivity contribution in [1.29, 1.82) is 0 Å². The van der Waals surface area contributed by atoms with Gasteiger partial charge in [0.25, 0.3) is 0 Å². The zero-order chi connectivity index (χ0) is 13.8. The van der Waals surface area contributed by atoms with Crippen molar-refractivity contribution in [1.82, 2.24) is 9.55 Å². The van der Waals surface area contributed by atoms with Gasteiger partial charge in [0, 0.05) is 10.4 Å². The average Bonchev–Trinajstić information content (AvgIpc) is 3.19. The van der Waals surface area contributed by atoms with Gasteiger partial charge in [-0.25, -0.2) is 4.98 Å². The molecule has 1 unspecified atom stereocenters. The summed E-state index contributed by atoms with van der Waals surface area (Å²) in [4.78, 5) is 5.92. The molecular formula is C18H16N2S. The molecule has 0 radical (unpaired) electrons. The van der Waals surface area contributed by atoms with Gasteiger partial charge in [-0.05, 0) is 47.8 Å². The van der Waals surface area contributed by atoms with E-state index in [2.05, 4.69) is 45.3 Å². The summed E-state index contributed by atoms with van der Waals surface area (Å²) in [7, 11) is 0. The lowest BCUT2D eigenvalue weighted by Crippen LogP contribution is -2.23. The van der Waals surface area contributed by atoms with Gasteiger partial charge in [-0.3, -0.25) is 0 Å². The first-order valence-electron chi connectivity index (χ1n) is 7.58. The van der Waals surface area contributed by atoms with E-state index in [1.807, 2.05) is 23.9 Å². The van der Waals surface area contributed by atoms with Crippen LogP contribution in [0.4, 0.5) is 0 Å². The highest BCUT2D eigenvalue weighted by Gasteiger charge is 2.36. The van der Waals surface area contributed by atoms with Crippen LogP contribution < -0.4 is 0 Å². The van der Waals surface area contributed by atoms with E-state index < -0.39 is 0 Å². The van der Waals surface area contributed by atoms with Crippen molar-refractivity contribution in [3.8, 4) is 11.3 Å². The van der Waals surface area contributed by atoms with Crippen molar-refractivity contribution >= 4 is 11.3 Å². The van der Waals surface area contributed by atoms with E-state index in [9.17, 15) is 0 Å². The maximum Gasteiger partial charge on any atom is 0.0957 e. The number of benzene rings is 1. The molecule has 3 heterocycles. The first-order chi connectivity index (χ1) is 10.4. The lowest BCUT2D eigenvalue weighted by atomic mass is 9.80. The van der Waals surface area contributed by atoms with Crippen LogP contribution in [0.1, 0.15) is 28.5 Å². The molecule has 0 saturated heterocycles. The highest BCUT2D eigenvalue weighted by atomic mass is 32.1. The van der Waals surface area contributed by atoms with Gasteiger partial charge in [-0.1, -0.05) is 24.3 Å².